The summed E-state index contributed by atoms with van der Waals surface area (Å²) in [5, 5.41) is 10.2. The van der Waals surface area contributed by atoms with Gasteiger partial charge in [0.1, 0.15) is 14.8 Å². The van der Waals surface area contributed by atoms with Crippen molar-refractivity contribution in [1.82, 2.24) is 9.78 Å². The molecular formula is C18H20N4O3S. The summed E-state index contributed by atoms with van der Waals surface area (Å²) in [5.41, 5.74) is 5.22. The molecule has 1 atom stereocenters. The number of fused-ring (bicyclic) bond motifs is 3. The monoisotopic (exact) mass is 372 g/mol. The Morgan fingerprint density at radius 2 is 2.00 bits per heavy atom. The van der Waals surface area contributed by atoms with Crippen molar-refractivity contribution in [3.8, 4) is 5.88 Å². The predicted molar refractivity (Wildman–Crippen MR) is 95.6 cm³/mol. The molecule has 2 N–H and O–H groups in total. The summed E-state index contributed by atoms with van der Waals surface area (Å²) in [6.07, 6.45) is 7.01. The van der Waals surface area contributed by atoms with Crippen molar-refractivity contribution in [3.63, 3.8) is 0 Å². The van der Waals surface area contributed by atoms with E-state index in [1.807, 2.05) is 0 Å². The van der Waals surface area contributed by atoms with Crippen LogP contribution in [0.25, 0.3) is 0 Å². The van der Waals surface area contributed by atoms with Crippen LogP contribution in [0.3, 0.4) is 0 Å². The normalized spacial score (nSPS) is 19.4. The van der Waals surface area contributed by atoms with Gasteiger partial charge in [-0.15, -0.1) is 4.36 Å². The van der Waals surface area contributed by atoms with Gasteiger partial charge in [0.25, 0.3) is 5.91 Å². The van der Waals surface area contributed by atoms with Crippen molar-refractivity contribution in [2.75, 3.05) is 6.61 Å². The summed E-state index contributed by atoms with van der Waals surface area (Å²) in [4.78, 5) is 13.2. The molecular weight excluding hydrogens is 352 g/mol. The molecule has 1 aliphatic heterocycles. The zero-order valence-electron chi connectivity index (χ0n) is 14.4. The molecule has 2 heterocycles. The van der Waals surface area contributed by atoms with Crippen LogP contribution in [0.1, 0.15) is 45.5 Å². The van der Waals surface area contributed by atoms with E-state index >= 15 is 0 Å². The molecule has 0 bridgehead atoms. The average molecular weight is 372 g/mol. The first-order valence-electron chi connectivity index (χ1n) is 8.99. The summed E-state index contributed by atoms with van der Waals surface area (Å²) >= 11 is 0. The van der Waals surface area contributed by atoms with Gasteiger partial charge in [0, 0.05) is 18.5 Å². The minimum atomic E-state index is -3.41. The Morgan fingerprint density at radius 3 is 2.81 bits per heavy atom. The molecule has 5 rings (SSSR count). The van der Waals surface area contributed by atoms with Crippen molar-refractivity contribution in [3.05, 3.63) is 40.1 Å². The molecule has 0 spiro atoms. The lowest BCUT2D eigenvalue weighted by Gasteiger charge is -2.24. The molecule has 0 saturated heterocycles. The lowest BCUT2D eigenvalue weighted by molar-refractivity contribution is 0.100. The first-order valence-corrected chi connectivity index (χ1v) is 10.6. The maximum Gasteiger partial charge on any atom is 0.286 e. The standard InChI is InChI=1S/C18H20N4O3S/c19-26(24,15-10-20-22-7-2-8-25-18(15)22)21-17(23)16-13-4-1-3-11(13)9-12-5-6-14(12)16/h9-10H,1-8H2,(H2,19,21,23,24). The fourth-order valence-electron chi connectivity index (χ4n) is 4.17. The molecule has 7 nitrogen and oxygen atoms in total. The van der Waals surface area contributed by atoms with Gasteiger partial charge in [-0.3, -0.25) is 4.79 Å². The molecule has 2 aliphatic carbocycles. The fourth-order valence-corrected chi connectivity index (χ4v) is 5.21. The van der Waals surface area contributed by atoms with E-state index in [1.165, 1.54) is 17.3 Å². The van der Waals surface area contributed by atoms with Gasteiger partial charge in [0.05, 0.1) is 12.8 Å². The summed E-state index contributed by atoms with van der Waals surface area (Å²) in [7, 11) is -3.41. The van der Waals surface area contributed by atoms with Crippen LogP contribution in [0.2, 0.25) is 0 Å². The molecule has 26 heavy (non-hydrogen) atoms. The Labute approximate surface area is 151 Å². The SMILES string of the molecule is NS(=O)(=NC(=O)c1c2c(cc3c1CC3)CCC2)c1cnn2c1OCCC2. The molecule has 3 aliphatic rings. The van der Waals surface area contributed by atoms with E-state index in [0.29, 0.717) is 24.6 Å². The molecule has 1 unspecified atom stereocenters. The lowest BCUT2D eigenvalue weighted by Crippen LogP contribution is -2.21. The minimum absolute atomic E-state index is 0.206. The number of hydrogen-bond acceptors (Lipinski definition) is 4. The van der Waals surface area contributed by atoms with E-state index in [2.05, 4.69) is 15.5 Å². The highest BCUT2D eigenvalue weighted by Crippen LogP contribution is 2.37. The van der Waals surface area contributed by atoms with E-state index in [1.54, 1.807) is 4.68 Å². The third-order valence-electron chi connectivity index (χ3n) is 5.50. The third kappa shape index (κ3) is 2.32. The predicted octanol–water partition coefficient (Wildman–Crippen LogP) is 1.79. The highest BCUT2D eigenvalue weighted by molar-refractivity contribution is 7.91. The second-order valence-corrected chi connectivity index (χ2v) is 8.84. The summed E-state index contributed by atoms with van der Waals surface area (Å²) < 4.78 is 24.2. The third-order valence-corrected chi connectivity index (χ3v) is 6.85. The quantitative estimate of drug-likeness (QED) is 0.869. The van der Waals surface area contributed by atoms with Gasteiger partial charge in [-0.1, -0.05) is 6.07 Å². The van der Waals surface area contributed by atoms with Gasteiger partial charge < -0.3 is 4.74 Å². The average Bonchev–Trinajstić information content (AvgIpc) is 3.22. The van der Waals surface area contributed by atoms with Gasteiger partial charge in [-0.25, -0.2) is 14.0 Å². The van der Waals surface area contributed by atoms with Crippen molar-refractivity contribution in [1.29, 1.82) is 0 Å². The molecule has 1 aromatic carbocycles. The Bertz CT molecular complexity index is 1060. The largest absolute Gasteiger partial charge is 0.477 e. The fraction of sp³-hybridized carbons (Fsp3) is 0.444. The second-order valence-electron chi connectivity index (χ2n) is 7.08. The number of aryl methyl sites for hydroxylation is 3. The van der Waals surface area contributed by atoms with Gasteiger partial charge >= 0.3 is 0 Å². The van der Waals surface area contributed by atoms with Gasteiger partial charge in [-0.2, -0.15) is 5.10 Å². The minimum Gasteiger partial charge on any atom is -0.477 e. The van der Waals surface area contributed by atoms with Crippen molar-refractivity contribution in [2.24, 2.45) is 9.50 Å². The number of nitrogens with two attached hydrogens (primary N) is 1. The first-order chi connectivity index (χ1) is 12.5. The van der Waals surface area contributed by atoms with Crippen molar-refractivity contribution < 1.29 is 13.7 Å². The van der Waals surface area contributed by atoms with Crippen LogP contribution in [0.15, 0.2) is 21.5 Å². The molecule has 1 amide bonds. The second kappa shape index (κ2) is 5.65. The van der Waals surface area contributed by atoms with Crippen molar-refractivity contribution >= 4 is 15.8 Å². The van der Waals surface area contributed by atoms with Crippen molar-refractivity contribution in [2.45, 2.75) is 50.0 Å². The molecule has 136 valence electrons. The zero-order valence-corrected chi connectivity index (χ0v) is 15.2. The Hall–Kier alpha value is -2.19. The van der Waals surface area contributed by atoms with E-state index in [4.69, 9.17) is 9.88 Å². The number of benzene rings is 1. The summed E-state index contributed by atoms with van der Waals surface area (Å²) in [6.45, 7) is 1.19. The molecule has 1 aromatic heterocycles. The van der Waals surface area contributed by atoms with E-state index in [9.17, 15) is 9.00 Å². The smallest absolute Gasteiger partial charge is 0.286 e. The van der Waals surface area contributed by atoms with E-state index in [0.717, 1.165) is 49.7 Å². The van der Waals surface area contributed by atoms with Crippen LogP contribution in [0.4, 0.5) is 0 Å². The Balaban J connectivity index is 1.60. The number of carbonyl (C=O) groups excluding carboxylic acids is 1. The van der Waals surface area contributed by atoms with E-state index < -0.39 is 15.8 Å². The molecule has 8 heteroatoms. The topological polar surface area (TPSA) is 99.6 Å². The lowest BCUT2D eigenvalue weighted by atomic mass is 9.80. The summed E-state index contributed by atoms with van der Waals surface area (Å²) in [5.74, 6) is -0.102. The molecule has 0 saturated carbocycles. The highest BCUT2D eigenvalue weighted by Gasteiger charge is 2.30. The molecule has 0 radical (unpaired) electrons. The maximum atomic E-state index is 13.1. The van der Waals surface area contributed by atoms with Gasteiger partial charge in [-0.05, 0) is 54.4 Å². The number of nitrogens with zero attached hydrogens (tertiary/aromatic N) is 3. The van der Waals surface area contributed by atoms with E-state index in [-0.39, 0.29) is 4.90 Å². The number of rotatable bonds is 2. The first kappa shape index (κ1) is 16.0. The van der Waals surface area contributed by atoms with Gasteiger partial charge in [0.2, 0.25) is 5.88 Å². The Kier molecular flexibility index (Phi) is 3.48. The van der Waals surface area contributed by atoms with Crippen LogP contribution >= 0.6 is 0 Å². The maximum absolute atomic E-state index is 13.1. The number of aromatic nitrogens is 2. The van der Waals surface area contributed by atoms with Crippen LogP contribution in [0.5, 0.6) is 5.88 Å². The van der Waals surface area contributed by atoms with Crippen LogP contribution in [0, 0.1) is 0 Å². The van der Waals surface area contributed by atoms with Crippen LogP contribution < -0.4 is 9.88 Å². The molecule has 2 aromatic rings. The Morgan fingerprint density at radius 1 is 1.19 bits per heavy atom. The highest BCUT2D eigenvalue weighted by atomic mass is 32.2. The number of ether oxygens (including phenoxy) is 1. The molecule has 0 fully saturated rings. The van der Waals surface area contributed by atoms with Crippen LogP contribution in [-0.4, -0.2) is 26.5 Å². The summed E-state index contributed by atoms with van der Waals surface area (Å²) in [6, 6.07) is 2.22. The number of carbonyl (C=O) groups is 1. The number of amides is 1. The van der Waals surface area contributed by atoms with Crippen LogP contribution in [-0.2, 0) is 42.1 Å². The number of hydrogen-bond donors (Lipinski definition) is 1. The zero-order chi connectivity index (χ0) is 17.9. The van der Waals surface area contributed by atoms with Gasteiger partial charge in [0.15, 0.2) is 0 Å².